The van der Waals surface area contributed by atoms with Crippen molar-refractivity contribution < 1.29 is 22.9 Å². The van der Waals surface area contributed by atoms with Crippen LogP contribution in [0.25, 0.3) is 0 Å². The molecule has 0 amide bonds. The van der Waals surface area contributed by atoms with Gasteiger partial charge in [-0.25, -0.2) is 13.1 Å². The summed E-state index contributed by atoms with van der Waals surface area (Å²) < 4.78 is 23.4. The van der Waals surface area contributed by atoms with Crippen molar-refractivity contribution in [3.8, 4) is 0 Å². The van der Waals surface area contributed by atoms with E-state index in [0.29, 0.717) is 6.20 Å². The van der Waals surface area contributed by atoms with E-state index in [1.165, 1.54) is 6.92 Å². The first-order valence-electron chi connectivity index (χ1n) is 4.95. The fraction of sp³-hybridized carbons (Fsp3) is 0.500. The summed E-state index contributed by atoms with van der Waals surface area (Å²) >= 11 is 0. The maximum Gasteiger partial charge on any atom is 0.366 e. The molecule has 0 aliphatic heterocycles. The fourth-order valence-electron chi connectivity index (χ4n) is 1.34. The number of aromatic nitrogens is 2. The standard InChI is InChI=1S/C8H11N3O6S/c1-2-18(16,17)4-3-9-7(11(14)15)5-10(13)8(9)6-12/h5-6H,2-4H2,1H3. The molecule has 18 heavy (non-hydrogen) atoms. The summed E-state index contributed by atoms with van der Waals surface area (Å²) in [7, 11) is -3.35. The average Bonchev–Trinajstić information content (AvgIpc) is 2.63. The van der Waals surface area contributed by atoms with Gasteiger partial charge >= 0.3 is 11.6 Å². The predicted octanol–water partition coefficient (Wildman–Crippen LogP) is -0.723. The minimum absolute atomic E-state index is 0.0453. The van der Waals surface area contributed by atoms with Crippen molar-refractivity contribution in [2.45, 2.75) is 13.5 Å². The van der Waals surface area contributed by atoms with Crippen LogP contribution in [-0.2, 0) is 16.4 Å². The van der Waals surface area contributed by atoms with Gasteiger partial charge in [0.25, 0.3) is 0 Å². The average molecular weight is 277 g/mol. The third-order valence-electron chi connectivity index (χ3n) is 2.37. The Morgan fingerprint density at radius 3 is 2.61 bits per heavy atom. The zero-order valence-electron chi connectivity index (χ0n) is 9.48. The number of hydrogen-bond donors (Lipinski definition) is 0. The summed E-state index contributed by atoms with van der Waals surface area (Å²) in [4.78, 5) is 20.5. The number of imidazole rings is 1. The number of rotatable bonds is 6. The molecule has 0 bridgehead atoms. The van der Waals surface area contributed by atoms with Gasteiger partial charge in [0.1, 0.15) is 6.54 Å². The van der Waals surface area contributed by atoms with Crippen LogP contribution in [0.2, 0.25) is 0 Å². The highest BCUT2D eigenvalue weighted by molar-refractivity contribution is 7.91. The Hall–Kier alpha value is -1.97. The second kappa shape index (κ2) is 5.12. The van der Waals surface area contributed by atoms with Gasteiger partial charge in [0, 0.05) is 5.75 Å². The second-order valence-electron chi connectivity index (χ2n) is 3.43. The van der Waals surface area contributed by atoms with Crippen molar-refractivity contribution in [3.63, 3.8) is 0 Å². The molecular weight excluding hydrogens is 266 g/mol. The number of nitro groups is 1. The number of nitrogens with zero attached hydrogens (tertiary/aromatic N) is 3. The number of carbonyl (C=O) groups excluding carboxylic acids is 1. The molecule has 0 N–H and O–H groups in total. The monoisotopic (exact) mass is 277 g/mol. The van der Waals surface area contributed by atoms with Gasteiger partial charge in [-0.2, -0.15) is 4.57 Å². The van der Waals surface area contributed by atoms with Gasteiger partial charge in [-0.3, -0.25) is 4.79 Å². The summed E-state index contributed by atoms with van der Waals surface area (Å²) in [5.74, 6) is -1.60. The van der Waals surface area contributed by atoms with E-state index in [9.17, 15) is 28.5 Å². The molecule has 0 saturated carbocycles. The van der Waals surface area contributed by atoms with Crippen molar-refractivity contribution in [1.82, 2.24) is 4.57 Å². The largest absolute Gasteiger partial charge is 0.710 e. The highest BCUT2D eigenvalue weighted by Crippen LogP contribution is 2.12. The molecule has 100 valence electrons. The molecule has 1 aromatic rings. The van der Waals surface area contributed by atoms with Crippen LogP contribution < -0.4 is 4.73 Å². The molecule has 9 nitrogen and oxygen atoms in total. The summed E-state index contributed by atoms with van der Waals surface area (Å²) in [5, 5.41) is 21.9. The highest BCUT2D eigenvalue weighted by Gasteiger charge is 2.25. The Labute approximate surface area is 102 Å². The van der Waals surface area contributed by atoms with Crippen LogP contribution >= 0.6 is 0 Å². The fourth-order valence-corrected chi connectivity index (χ4v) is 2.09. The van der Waals surface area contributed by atoms with Crippen LogP contribution in [0, 0.1) is 15.3 Å². The highest BCUT2D eigenvalue weighted by atomic mass is 32.2. The van der Waals surface area contributed by atoms with E-state index in [2.05, 4.69) is 0 Å². The summed E-state index contributed by atoms with van der Waals surface area (Å²) in [6.07, 6.45) is 0.779. The molecule has 1 rings (SSSR count). The van der Waals surface area contributed by atoms with Crippen LogP contribution in [0.3, 0.4) is 0 Å². The molecule has 0 atom stereocenters. The number of hydrogen-bond acceptors (Lipinski definition) is 6. The molecular formula is C8H11N3O6S. The first-order valence-corrected chi connectivity index (χ1v) is 6.77. The number of aldehydes is 1. The quantitative estimate of drug-likeness (QED) is 0.222. The van der Waals surface area contributed by atoms with Gasteiger partial charge in [-0.1, -0.05) is 6.92 Å². The smallest absolute Gasteiger partial charge is 0.366 e. The Kier molecular flexibility index (Phi) is 4.01. The van der Waals surface area contributed by atoms with Gasteiger partial charge in [0.2, 0.25) is 6.29 Å². The maximum absolute atomic E-state index is 11.3. The molecule has 10 heteroatoms. The molecule has 0 radical (unpaired) electrons. The van der Waals surface area contributed by atoms with Crippen LogP contribution in [-0.4, -0.2) is 35.7 Å². The van der Waals surface area contributed by atoms with Crippen LogP contribution in [0.1, 0.15) is 17.5 Å². The van der Waals surface area contributed by atoms with Gasteiger partial charge in [0.15, 0.2) is 16.0 Å². The lowest BCUT2D eigenvalue weighted by atomic mass is 10.6. The SMILES string of the molecule is CCS(=O)(=O)CCn1c([N+](=O)[O-])c[n+]([O-])c1C=O. The van der Waals surface area contributed by atoms with E-state index >= 15 is 0 Å². The minimum atomic E-state index is -3.35. The first kappa shape index (κ1) is 14.1. The van der Waals surface area contributed by atoms with Gasteiger partial charge in [-0.05, 0) is 4.92 Å². The summed E-state index contributed by atoms with van der Waals surface area (Å²) in [5.41, 5.74) is 0. The molecule has 0 spiro atoms. The van der Waals surface area contributed by atoms with Crippen LogP contribution in [0.5, 0.6) is 0 Å². The van der Waals surface area contributed by atoms with E-state index < -0.39 is 26.4 Å². The molecule has 1 aromatic heterocycles. The normalized spacial score (nSPS) is 11.4. The zero-order chi connectivity index (χ0) is 13.9. The van der Waals surface area contributed by atoms with E-state index in [-0.39, 0.29) is 29.1 Å². The number of sulfone groups is 1. The lowest BCUT2D eigenvalue weighted by Crippen LogP contribution is -2.30. The van der Waals surface area contributed by atoms with Crippen molar-refractivity contribution in [3.05, 3.63) is 27.3 Å². The first-order chi connectivity index (χ1) is 8.32. The van der Waals surface area contributed by atoms with Gasteiger partial charge < -0.3 is 15.3 Å². The predicted molar refractivity (Wildman–Crippen MR) is 59.8 cm³/mol. The lowest BCUT2D eigenvalue weighted by Gasteiger charge is -2.02. The third kappa shape index (κ3) is 2.83. The minimum Gasteiger partial charge on any atom is -0.710 e. The zero-order valence-corrected chi connectivity index (χ0v) is 10.3. The molecule has 0 fully saturated rings. The number of carbonyl (C=O) groups is 1. The molecule has 0 aliphatic rings. The molecule has 0 aromatic carbocycles. The molecule has 0 saturated heterocycles. The van der Waals surface area contributed by atoms with Crippen LogP contribution in [0.15, 0.2) is 6.20 Å². The third-order valence-corrected chi connectivity index (χ3v) is 4.05. The maximum atomic E-state index is 11.3. The van der Waals surface area contributed by atoms with E-state index in [4.69, 9.17) is 0 Å². The van der Waals surface area contributed by atoms with Crippen molar-refractivity contribution >= 4 is 21.9 Å². The Bertz CT molecular complexity index is 576. The van der Waals surface area contributed by atoms with Gasteiger partial charge in [0.05, 0.1) is 5.75 Å². The van der Waals surface area contributed by atoms with E-state index in [1.807, 2.05) is 0 Å². The Balaban J connectivity index is 3.14. The van der Waals surface area contributed by atoms with Crippen molar-refractivity contribution in [1.29, 1.82) is 0 Å². The lowest BCUT2D eigenvalue weighted by molar-refractivity contribution is -0.608. The Morgan fingerprint density at radius 2 is 2.17 bits per heavy atom. The second-order valence-corrected chi connectivity index (χ2v) is 5.91. The molecule has 0 aliphatic carbocycles. The topological polar surface area (TPSA) is 126 Å². The van der Waals surface area contributed by atoms with Crippen LogP contribution in [0.4, 0.5) is 5.82 Å². The summed E-state index contributed by atoms with van der Waals surface area (Å²) in [6.45, 7) is 1.13. The van der Waals surface area contributed by atoms with E-state index in [0.717, 1.165) is 4.57 Å². The van der Waals surface area contributed by atoms with E-state index in [1.54, 1.807) is 0 Å². The molecule has 1 heterocycles. The summed E-state index contributed by atoms with van der Waals surface area (Å²) in [6, 6.07) is 0. The Morgan fingerprint density at radius 1 is 1.56 bits per heavy atom. The van der Waals surface area contributed by atoms with Crippen molar-refractivity contribution in [2.75, 3.05) is 11.5 Å². The van der Waals surface area contributed by atoms with Crippen molar-refractivity contribution in [2.24, 2.45) is 0 Å². The van der Waals surface area contributed by atoms with Gasteiger partial charge in [-0.15, -0.1) is 0 Å². The molecule has 0 unspecified atom stereocenters.